The monoisotopic (exact) mass is 316 g/mol. The van der Waals surface area contributed by atoms with Gasteiger partial charge in [0.05, 0.1) is 12.3 Å². The molecule has 0 radical (unpaired) electrons. The third kappa shape index (κ3) is 4.40. The highest BCUT2D eigenvalue weighted by Gasteiger charge is 2.26. The molecule has 0 saturated carbocycles. The van der Waals surface area contributed by atoms with E-state index in [1.54, 1.807) is 0 Å². The number of benzene rings is 2. The normalized spacial score (nSPS) is 12.0. The molecule has 2 N–H and O–H groups in total. The number of hydrogen-bond acceptors (Lipinski definition) is 2. The second-order valence-corrected chi connectivity index (χ2v) is 7.17. The molecule has 5 heteroatoms. The Kier molecular flexibility index (Phi) is 5.68. The average molecular weight is 316 g/mol. The summed E-state index contributed by atoms with van der Waals surface area (Å²) in [4.78, 5) is 22.3. The van der Waals surface area contributed by atoms with Crippen molar-refractivity contribution >= 4 is 30.5 Å². The van der Waals surface area contributed by atoms with E-state index in [0.717, 1.165) is 10.6 Å². The summed E-state index contributed by atoms with van der Waals surface area (Å²) in [6.45, 7) is 0. The van der Waals surface area contributed by atoms with Crippen molar-refractivity contribution in [2.24, 2.45) is 5.92 Å². The molecule has 2 aromatic rings. The lowest BCUT2D eigenvalue weighted by Crippen LogP contribution is -2.25. The Bertz CT molecular complexity index is 588. The van der Waals surface area contributed by atoms with Crippen LogP contribution in [0, 0.1) is 5.92 Å². The molecule has 2 rings (SSSR count). The van der Waals surface area contributed by atoms with Crippen LogP contribution in [-0.4, -0.2) is 28.3 Å². The summed E-state index contributed by atoms with van der Waals surface area (Å²) in [5.41, 5.74) is 0. The lowest BCUT2D eigenvalue weighted by Gasteiger charge is -2.22. The van der Waals surface area contributed by atoms with Crippen LogP contribution in [0.4, 0.5) is 0 Å². The average Bonchev–Trinajstić information content (AvgIpc) is 2.52. The van der Waals surface area contributed by atoms with Crippen LogP contribution in [-0.2, 0) is 9.59 Å². The fourth-order valence-electron chi connectivity index (χ4n) is 2.24. The Labute approximate surface area is 130 Å². The zero-order valence-corrected chi connectivity index (χ0v) is 12.8. The summed E-state index contributed by atoms with van der Waals surface area (Å²) in [6, 6.07) is 19.4. The van der Waals surface area contributed by atoms with Gasteiger partial charge in [-0.05, 0) is 24.7 Å². The maximum atomic E-state index is 11.4. The fourth-order valence-corrected chi connectivity index (χ4v) is 4.75. The van der Waals surface area contributed by atoms with E-state index in [-0.39, 0.29) is 6.42 Å². The molecule has 22 heavy (non-hydrogen) atoms. The van der Waals surface area contributed by atoms with Crippen molar-refractivity contribution in [1.82, 2.24) is 0 Å². The van der Waals surface area contributed by atoms with E-state index in [4.69, 9.17) is 5.11 Å². The lowest BCUT2D eigenvalue weighted by molar-refractivity contribution is -0.147. The predicted octanol–water partition coefficient (Wildman–Crippen LogP) is 2.29. The van der Waals surface area contributed by atoms with Crippen molar-refractivity contribution in [3.63, 3.8) is 0 Å². The van der Waals surface area contributed by atoms with Crippen LogP contribution >= 0.6 is 7.92 Å². The smallest absolute Gasteiger partial charge is 0.307 e. The maximum Gasteiger partial charge on any atom is 0.307 e. The molecule has 2 aromatic carbocycles. The van der Waals surface area contributed by atoms with Gasteiger partial charge in [0, 0.05) is 0 Å². The van der Waals surface area contributed by atoms with Gasteiger partial charge in [0.2, 0.25) is 0 Å². The van der Waals surface area contributed by atoms with Gasteiger partial charge in [-0.15, -0.1) is 0 Å². The Balaban J connectivity index is 2.32. The lowest BCUT2D eigenvalue weighted by atomic mass is 10.1. The molecule has 0 aliphatic rings. The number of carbonyl (C=O) groups is 2. The zero-order valence-electron chi connectivity index (χ0n) is 11.9. The Morgan fingerprint density at radius 3 is 1.68 bits per heavy atom. The Hall–Kier alpha value is -2.19. The van der Waals surface area contributed by atoms with E-state index >= 15 is 0 Å². The van der Waals surface area contributed by atoms with E-state index in [2.05, 4.69) is 0 Å². The minimum atomic E-state index is -1.08. The van der Waals surface area contributed by atoms with E-state index in [1.165, 1.54) is 0 Å². The maximum absolute atomic E-state index is 11.4. The Morgan fingerprint density at radius 2 is 1.32 bits per heavy atom. The SMILES string of the molecule is O=C(O)C[C@H](CP(c1ccccc1)c1ccccc1)C(=O)O. The van der Waals surface area contributed by atoms with Gasteiger partial charge in [-0.1, -0.05) is 60.7 Å². The molecule has 114 valence electrons. The largest absolute Gasteiger partial charge is 0.481 e. The van der Waals surface area contributed by atoms with Gasteiger partial charge in [-0.3, -0.25) is 9.59 Å². The first-order valence-corrected chi connectivity index (χ1v) is 8.43. The molecule has 4 nitrogen and oxygen atoms in total. The van der Waals surface area contributed by atoms with Crippen LogP contribution in [0.15, 0.2) is 60.7 Å². The highest BCUT2D eigenvalue weighted by Crippen LogP contribution is 2.36. The molecule has 0 fully saturated rings. The number of hydrogen-bond donors (Lipinski definition) is 2. The fraction of sp³-hybridized carbons (Fsp3) is 0.176. The van der Waals surface area contributed by atoms with Crippen molar-refractivity contribution in [2.75, 3.05) is 6.16 Å². The number of aliphatic carboxylic acids is 2. The molecule has 0 amide bonds. The second kappa shape index (κ2) is 7.71. The molecule has 0 aliphatic carbocycles. The van der Waals surface area contributed by atoms with Gasteiger partial charge in [-0.2, -0.15) is 0 Å². The van der Waals surface area contributed by atoms with Gasteiger partial charge in [-0.25, -0.2) is 0 Å². The number of carboxylic acid groups (broad SMARTS) is 2. The highest BCUT2D eigenvalue weighted by atomic mass is 31.1. The molecule has 1 atom stereocenters. The van der Waals surface area contributed by atoms with Crippen molar-refractivity contribution in [3.05, 3.63) is 60.7 Å². The Morgan fingerprint density at radius 1 is 0.864 bits per heavy atom. The summed E-state index contributed by atoms with van der Waals surface area (Å²) in [5, 5.41) is 20.4. The van der Waals surface area contributed by atoms with Crippen LogP contribution < -0.4 is 10.6 Å². The number of carboxylic acids is 2. The van der Waals surface area contributed by atoms with Crippen LogP contribution in [0.3, 0.4) is 0 Å². The van der Waals surface area contributed by atoms with Crippen LogP contribution in [0.2, 0.25) is 0 Å². The molecular formula is C17H17O4P. The molecule has 0 bridgehead atoms. The number of rotatable bonds is 7. The van der Waals surface area contributed by atoms with E-state index in [0.29, 0.717) is 6.16 Å². The first kappa shape index (κ1) is 16.2. The summed E-state index contributed by atoms with van der Waals surface area (Å²) in [7, 11) is -0.897. The summed E-state index contributed by atoms with van der Waals surface area (Å²) in [6.07, 6.45) is -0.0289. The van der Waals surface area contributed by atoms with Gasteiger partial charge < -0.3 is 10.2 Å². The van der Waals surface area contributed by atoms with Gasteiger partial charge in [0.1, 0.15) is 0 Å². The molecule has 0 aliphatic heterocycles. The van der Waals surface area contributed by atoms with Crippen molar-refractivity contribution in [1.29, 1.82) is 0 Å². The molecule has 0 aromatic heterocycles. The second-order valence-electron chi connectivity index (χ2n) is 4.91. The third-order valence-corrected chi connectivity index (χ3v) is 5.96. The molecule has 0 unspecified atom stereocenters. The third-order valence-electron chi connectivity index (χ3n) is 3.31. The highest BCUT2D eigenvalue weighted by molar-refractivity contribution is 7.73. The van der Waals surface area contributed by atoms with Crippen molar-refractivity contribution < 1.29 is 19.8 Å². The zero-order chi connectivity index (χ0) is 15.9. The topological polar surface area (TPSA) is 74.6 Å². The standard InChI is InChI=1S/C17H17O4P/c18-16(19)11-13(17(20)21)12-22(14-7-3-1-4-8-14)15-9-5-2-6-10-15/h1-10,13H,11-12H2,(H,18,19)(H,20,21)/t13-/m1/s1. The summed E-state index contributed by atoms with van der Waals surface area (Å²) >= 11 is 0. The molecule has 0 heterocycles. The van der Waals surface area contributed by atoms with Crippen LogP contribution in [0.25, 0.3) is 0 Å². The van der Waals surface area contributed by atoms with E-state index < -0.39 is 25.8 Å². The van der Waals surface area contributed by atoms with Gasteiger partial charge >= 0.3 is 11.9 Å². The van der Waals surface area contributed by atoms with Gasteiger partial charge in [0.25, 0.3) is 0 Å². The molecule has 0 spiro atoms. The first-order valence-electron chi connectivity index (χ1n) is 6.90. The quantitative estimate of drug-likeness (QED) is 0.769. The van der Waals surface area contributed by atoms with E-state index in [1.807, 2.05) is 60.7 Å². The summed E-state index contributed by atoms with van der Waals surface area (Å²) in [5.74, 6) is -3.02. The van der Waals surface area contributed by atoms with Crippen LogP contribution in [0.5, 0.6) is 0 Å². The van der Waals surface area contributed by atoms with Crippen molar-refractivity contribution in [3.8, 4) is 0 Å². The van der Waals surface area contributed by atoms with Crippen molar-refractivity contribution in [2.45, 2.75) is 6.42 Å². The predicted molar refractivity (Wildman–Crippen MR) is 87.3 cm³/mol. The van der Waals surface area contributed by atoms with Gasteiger partial charge in [0.15, 0.2) is 0 Å². The minimum absolute atomic E-state index is 0.324. The van der Waals surface area contributed by atoms with Crippen LogP contribution in [0.1, 0.15) is 6.42 Å². The molecule has 0 saturated heterocycles. The first-order chi connectivity index (χ1) is 10.6. The minimum Gasteiger partial charge on any atom is -0.481 e. The summed E-state index contributed by atoms with van der Waals surface area (Å²) < 4.78 is 0. The van der Waals surface area contributed by atoms with E-state index in [9.17, 15) is 14.7 Å². The molecular weight excluding hydrogens is 299 g/mol.